The zero-order valence-electron chi connectivity index (χ0n) is 20.5. The predicted molar refractivity (Wildman–Crippen MR) is 124 cm³/mol. The van der Waals surface area contributed by atoms with Crippen LogP contribution >= 0.6 is 0 Å². The molecule has 178 valence electrons. The van der Waals surface area contributed by atoms with E-state index in [0.29, 0.717) is 38.0 Å². The first-order valence-electron chi connectivity index (χ1n) is 11.8. The topological polar surface area (TPSA) is 72.0 Å². The van der Waals surface area contributed by atoms with Crippen molar-refractivity contribution in [1.82, 2.24) is 14.8 Å². The number of carbonyl (C=O) groups is 2. The highest BCUT2D eigenvalue weighted by Gasteiger charge is 2.30. The molecule has 0 bridgehead atoms. The van der Waals surface area contributed by atoms with Gasteiger partial charge in [0.25, 0.3) is 0 Å². The Balaban J connectivity index is 1.53. The van der Waals surface area contributed by atoms with Gasteiger partial charge >= 0.3 is 12.2 Å². The van der Waals surface area contributed by atoms with Crippen LogP contribution in [0.5, 0.6) is 0 Å². The van der Waals surface area contributed by atoms with Gasteiger partial charge in [0.1, 0.15) is 11.2 Å². The Bertz CT molecular complexity index is 733. The Morgan fingerprint density at radius 3 is 1.69 bits per heavy atom. The number of ether oxygens (including phenoxy) is 2. The number of aromatic nitrogens is 1. The van der Waals surface area contributed by atoms with E-state index in [1.165, 1.54) is 5.56 Å². The van der Waals surface area contributed by atoms with E-state index in [9.17, 15) is 9.59 Å². The van der Waals surface area contributed by atoms with Crippen LogP contribution in [-0.4, -0.2) is 64.4 Å². The van der Waals surface area contributed by atoms with E-state index in [1.54, 1.807) is 4.90 Å². The number of hydrogen-bond acceptors (Lipinski definition) is 5. The van der Waals surface area contributed by atoms with Gasteiger partial charge in [-0.1, -0.05) is 0 Å². The number of hydrogen-bond donors (Lipinski definition) is 0. The van der Waals surface area contributed by atoms with Crippen LogP contribution < -0.4 is 0 Å². The summed E-state index contributed by atoms with van der Waals surface area (Å²) in [5.74, 6) is 0.785. The summed E-state index contributed by atoms with van der Waals surface area (Å²) in [4.78, 5) is 32.9. The molecule has 0 atom stereocenters. The fourth-order valence-electron chi connectivity index (χ4n) is 4.35. The molecule has 1 aromatic heterocycles. The largest absolute Gasteiger partial charge is 0.444 e. The average Bonchev–Trinajstić information content (AvgIpc) is 2.72. The molecule has 2 amide bonds. The third-order valence-corrected chi connectivity index (χ3v) is 5.99. The smallest absolute Gasteiger partial charge is 0.410 e. The molecule has 0 radical (unpaired) electrons. The number of carbonyl (C=O) groups excluding carboxylic acids is 2. The third kappa shape index (κ3) is 6.84. The maximum Gasteiger partial charge on any atom is 0.410 e. The molecule has 3 rings (SSSR count). The summed E-state index contributed by atoms with van der Waals surface area (Å²) in [5.41, 5.74) is 1.48. The number of piperidine rings is 2. The zero-order valence-corrected chi connectivity index (χ0v) is 20.5. The molecular weight excluding hydrogens is 406 g/mol. The number of rotatable bonds is 2. The van der Waals surface area contributed by atoms with Crippen molar-refractivity contribution < 1.29 is 19.1 Å². The Labute approximate surface area is 192 Å². The van der Waals surface area contributed by atoms with Gasteiger partial charge in [0.05, 0.1) is 0 Å². The third-order valence-electron chi connectivity index (χ3n) is 5.99. The maximum absolute atomic E-state index is 12.3. The highest BCUT2D eigenvalue weighted by molar-refractivity contribution is 5.68. The van der Waals surface area contributed by atoms with Gasteiger partial charge in [0.15, 0.2) is 0 Å². The van der Waals surface area contributed by atoms with Crippen molar-refractivity contribution in [2.75, 3.05) is 26.2 Å². The number of pyridine rings is 1. The first-order chi connectivity index (χ1) is 14.9. The summed E-state index contributed by atoms with van der Waals surface area (Å²) in [7, 11) is 0. The van der Waals surface area contributed by atoms with Crippen molar-refractivity contribution in [2.24, 2.45) is 0 Å². The lowest BCUT2D eigenvalue weighted by atomic mass is 9.87. The summed E-state index contributed by atoms with van der Waals surface area (Å²) >= 11 is 0. The van der Waals surface area contributed by atoms with E-state index in [1.807, 2.05) is 52.6 Å². The molecule has 2 saturated heterocycles. The lowest BCUT2D eigenvalue weighted by Gasteiger charge is -2.34. The zero-order chi connectivity index (χ0) is 23.5. The number of amides is 2. The van der Waals surface area contributed by atoms with Gasteiger partial charge in [-0.25, -0.2) is 9.59 Å². The SMILES string of the molecule is CC(C)(C)OC(=O)N1CCC(c2ccnc(C3CCN(C(=O)OC(C)(C)C)CC3)c2)CC1. The molecule has 7 nitrogen and oxygen atoms in total. The van der Waals surface area contributed by atoms with Crippen LogP contribution in [0.1, 0.15) is 90.3 Å². The normalized spacial score (nSPS) is 19.1. The fraction of sp³-hybridized carbons (Fsp3) is 0.720. The van der Waals surface area contributed by atoms with Crippen LogP contribution in [0.25, 0.3) is 0 Å². The predicted octanol–water partition coefficient (Wildman–Crippen LogP) is 5.31. The van der Waals surface area contributed by atoms with Crippen molar-refractivity contribution in [1.29, 1.82) is 0 Å². The molecule has 0 aliphatic carbocycles. The summed E-state index contributed by atoms with van der Waals surface area (Å²) in [6, 6.07) is 4.34. The Kier molecular flexibility index (Phi) is 7.36. The maximum atomic E-state index is 12.3. The average molecular weight is 446 g/mol. The van der Waals surface area contributed by atoms with Gasteiger partial charge in [0, 0.05) is 44.0 Å². The summed E-state index contributed by atoms with van der Waals surface area (Å²) < 4.78 is 11.0. The molecule has 32 heavy (non-hydrogen) atoms. The molecule has 7 heteroatoms. The van der Waals surface area contributed by atoms with Crippen molar-refractivity contribution >= 4 is 12.2 Å². The van der Waals surface area contributed by atoms with Crippen LogP contribution in [0.3, 0.4) is 0 Å². The summed E-state index contributed by atoms with van der Waals surface area (Å²) in [6.07, 6.45) is 5.11. The van der Waals surface area contributed by atoms with E-state index in [4.69, 9.17) is 9.47 Å². The second-order valence-electron chi connectivity index (χ2n) is 11.0. The van der Waals surface area contributed by atoms with Crippen molar-refractivity contribution in [3.05, 3.63) is 29.6 Å². The molecule has 0 spiro atoms. The van der Waals surface area contributed by atoms with Crippen molar-refractivity contribution in [2.45, 2.75) is 90.3 Å². The summed E-state index contributed by atoms with van der Waals surface area (Å²) in [6.45, 7) is 14.2. The first-order valence-corrected chi connectivity index (χ1v) is 11.8. The van der Waals surface area contributed by atoms with E-state index < -0.39 is 11.2 Å². The van der Waals surface area contributed by atoms with E-state index in [2.05, 4.69) is 17.1 Å². The quantitative estimate of drug-likeness (QED) is 0.617. The second-order valence-corrected chi connectivity index (χ2v) is 11.0. The lowest BCUT2D eigenvalue weighted by Crippen LogP contribution is -2.41. The minimum Gasteiger partial charge on any atom is -0.444 e. The van der Waals surface area contributed by atoms with Crippen molar-refractivity contribution in [3.63, 3.8) is 0 Å². The van der Waals surface area contributed by atoms with Crippen molar-refractivity contribution in [3.8, 4) is 0 Å². The molecule has 0 saturated carbocycles. The van der Waals surface area contributed by atoms with Gasteiger partial charge in [-0.05, 0) is 90.8 Å². The van der Waals surface area contributed by atoms with Gasteiger partial charge in [-0.3, -0.25) is 4.98 Å². The van der Waals surface area contributed by atoms with E-state index >= 15 is 0 Å². The molecule has 2 fully saturated rings. The molecule has 0 N–H and O–H groups in total. The molecule has 2 aliphatic heterocycles. The van der Waals surface area contributed by atoms with Crippen LogP contribution in [0.4, 0.5) is 9.59 Å². The molecule has 0 aromatic carbocycles. The lowest BCUT2D eigenvalue weighted by molar-refractivity contribution is 0.0195. The molecule has 3 heterocycles. The van der Waals surface area contributed by atoms with E-state index in [0.717, 1.165) is 31.4 Å². The van der Waals surface area contributed by atoms with Crippen LogP contribution in [0.15, 0.2) is 18.3 Å². The number of likely N-dealkylation sites (tertiary alicyclic amines) is 2. The standard InChI is InChI=1S/C25H39N3O4/c1-24(2,3)31-22(29)27-13-8-18(9-14-27)20-7-12-26-21(17-20)19-10-15-28(16-11-19)23(30)32-25(4,5)6/h7,12,17-19H,8-11,13-16H2,1-6H3. The Morgan fingerprint density at radius 1 is 0.812 bits per heavy atom. The summed E-state index contributed by atoms with van der Waals surface area (Å²) in [5, 5.41) is 0. The van der Waals surface area contributed by atoms with Crippen LogP contribution in [0.2, 0.25) is 0 Å². The number of nitrogens with zero attached hydrogens (tertiary/aromatic N) is 3. The van der Waals surface area contributed by atoms with Crippen LogP contribution in [0, 0.1) is 0 Å². The Morgan fingerprint density at radius 2 is 1.25 bits per heavy atom. The monoisotopic (exact) mass is 445 g/mol. The molecule has 0 unspecified atom stereocenters. The second kappa shape index (κ2) is 9.67. The highest BCUT2D eigenvalue weighted by atomic mass is 16.6. The van der Waals surface area contributed by atoms with Gasteiger partial charge in [0.2, 0.25) is 0 Å². The molecule has 1 aromatic rings. The fourth-order valence-corrected chi connectivity index (χ4v) is 4.35. The van der Waals surface area contributed by atoms with Gasteiger partial charge in [-0.15, -0.1) is 0 Å². The van der Waals surface area contributed by atoms with Crippen LogP contribution in [-0.2, 0) is 9.47 Å². The first kappa shape index (κ1) is 24.3. The Hall–Kier alpha value is -2.31. The highest BCUT2D eigenvalue weighted by Crippen LogP contribution is 2.33. The minimum absolute atomic E-state index is 0.219. The molecule has 2 aliphatic rings. The van der Waals surface area contributed by atoms with E-state index in [-0.39, 0.29) is 12.2 Å². The van der Waals surface area contributed by atoms with Gasteiger partial charge < -0.3 is 19.3 Å². The molecular formula is C25H39N3O4. The van der Waals surface area contributed by atoms with Gasteiger partial charge in [-0.2, -0.15) is 0 Å². The minimum atomic E-state index is -0.469.